The molecule has 156 valence electrons. The minimum absolute atomic E-state index is 0.0331. The smallest absolute Gasteiger partial charge is 0.259 e. The summed E-state index contributed by atoms with van der Waals surface area (Å²) in [7, 11) is 0. The van der Waals surface area contributed by atoms with Gasteiger partial charge in [0, 0.05) is 16.8 Å². The number of H-pyrrole nitrogens is 1. The van der Waals surface area contributed by atoms with Gasteiger partial charge in [-0.1, -0.05) is 36.8 Å². The Morgan fingerprint density at radius 2 is 2.03 bits per heavy atom. The molecule has 3 aromatic rings. The number of amides is 1. The summed E-state index contributed by atoms with van der Waals surface area (Å²) in [5.74, 6) is 1.60. The monoisotopic (exact) mass is 439 g/mol. The zero-order valence-electron chi connectivity index (χ0n) is 16.8. The maximum Gasteiger partial charge on any atom is 0.259 e. The predicted octanol–water partition coefficient (Wildman–Crippen LogP) is 3.94. The van der Waals surface area contributed by atoms with Crippen molar-refractivity contribution in [3.63, 3.8) is 0 Å². The second-order valence-electron chi connectivity index (χ2n) is 8.32. The maximum absolute atomic E-state index is 12.5. The van der Waals surface area contributed by atoms with E-state index in [1.807, 2.05) is 6.07 Å². The minimum Gasteiger partial charge on any atom is -0.354 e. The van der Waals surface area contributed by atoms with Gasteiger partial charge in [0.25, 0.3) is 5.56 Å². The number of carbonyl (C=O) groups excluding carboxylic acids is 1. The summed E-state index contributed by atoms with van der Waals surface area (Å²) in [5, 5.41) is 3.91. The van der Waals surface area contributed by atoms with Gasteiger partial charge < -0.3 is 10.3 Å². The van der Waals surface area contributed by atoms with E-state index in [2.05, 4.69) is 39.6 Å². The molecule has 0 bridgehead atoms. The first-order chi connectivity index (χ1) is 14.6. The van der Waals surface area contributed by atoms with Crippen LogP contribution in [0.3, 0.4) is 0 Å². The summed E-state index contributed by atoms with van der Waals surface area (Å²) in [6.45, 7) is 0.693. The first-order valence-electron chi connectivity index (χ1n) is 10.6. The molecule has 0 radical (unpaired) electrons. The molecular weight excluding hydrogens is 414 g/mol. The van der Waals surface area contributed by atoms with Crippen molar-refractivity contribution in [3.8, 4) is 0 Å². The van der Waals surface area contributed by atoms with Gasteiger partial charge in [-0.25, -0.2) is 4.98 Å². The Hall–Kier alpha value is -2.12. The summed E-state index contributed by atoms with van der Waals surface area (Å²) in [5.41, 5.74) is 2.58. The number of fused-ring (bicyclic) bond motifs is 3. The summed E-state index contributed by atoms with van der Waals surface area (Å²) in [4.78, 5) is 34.7. The Kier molecular flexibility index (Phi) is 5.41. The van der Waals surface area contributed by atoms with Crippen molar-refractivity contribution in [3.05, 3.63) is 62.5 Å². The molecule has 0 aliphatic heterocycles. The van der Waals surface area contributed by atoms with Crippen LogP contribution in [-0.4, -0.2) is 28.2 Å². The number of aryl methyl sites for hydroxylation is 2. The van der Waals surface area contributed by atoms with E-state index in [-0.39, 0.29) is 16.9 Å². The third-order valence-corrected chi connectivity index (χ3v) is 8.55. The van der Waals surface area contributed by atoms with Gasteiger partial charge in [0.1, 0.15) is 10.7 Å². The normalized spacial score (nSPS) is 16.9. The van der Waals surface area contributed by atoms with E-state index >= 15 is 0 Å². The molecular formula is C23H25N3O2S2. The second-order valence-corrected chi connectivity index (χ2v) is 10.4. The van der Waals surface area contributed by atoms with Crippen LogP contribution in [0, 0.1) is 0 Å². The lowest BCUT2D eigenvalue weighted by molar-refractivity contribution is -0.119. The number of thioether (sulfide) groups is 1. The first-order valence-corrected chi connectivity index (χ1v) is 12.6. The number of nitrogens with zero attached hydrogens (tertiary/aromatic N) is 1. The van der Waals surface area contributed by atoms with Crippen LogP contribution in [0.5, 0.6) is 0 Å². The standard InChI is InChI=1S/C23H25N3O2S2/c27-19(24-14-23(10-5-11-23)15-6-2-1-3-7-15)13-29-12-18-25-21(28)20-16-8-4-9-17(16)30-22(20)26-18/h1-3,6-7H,4-5,8-14H2,(H,24,27)(H,25,26,28). The van der Waals surface area contributed by atoms with Crippen LogP contribution in [0.1, 0.15) is 47.5 Å². The molecule has 2 N–H and O–H groups in total. The van der Waals surface area contributed by atoms with E-state index < -0.39 is 0 Å². The molecule has 1 saturated carbocycles. The number of aromatic amines is 1. The van der Waals surface area contributed by atoms with Gasteiger partial charge in [-0.05, 0) is 43.2 Å². The lowest BCUT2D eigenvalue weighted by atomic mass is 9.64. The maximum atomic E-state index is 12.5. The largest absolute Gasteiger partial charge is 0.354 e. The topological polar surface area (TPSA) is 74.8 Å². The quantitative estimate of drug-likeness (QED) is 0.585. The average molecular weight is 440 g/mol. The molecule has 30 heavy (non-hydrogen) atoms. The number of carbonyl (C=O) groups is 1. The third kappa shape index (κ3) is 3.69. The van der Waals surface area contributed by atoms with Crippen molar-refractivity contribution in [1.82, 2.24) is 15.3 Å². The summed E-state index contributed by atoms with van der Waals surface area (Å²) >= 11 is 3.15. The van der Waals surface area contributed by atoms with Gasteiger partial charge >= 0.3 is 0 Å². The molecule has 7 heteroatoms. The van der Waals surface area contributed by atoms with Crippen LogP contribution in [0.4, 0.5) is 0 Å². The highest BCUT2D eigenvalue weighted by molar-refractivity contribution is 7.99. The number of rotatable bonds is 7. The Labute approximate surface area is 183 Å². The SMILES string of the molecule is O=C(CSCc1nc2sc3c(c2c(=O)[nH]1)CCC3)NCC1(c2ccccc2)CCC1. The van der Waals surface area contributed by atoms with Crippen LogP contribution in [0.2, 0.25) is 0 Å². The van der Waals surface area contributed by atoms with E-state index in [1.165, 1.54) is 34.2 Å². The summed E-state index contributed by atoms with van der Waals surface area (Å²) in [6, 6.07) is 10.5. The molecule has 0 spiro atoms. The average Bonchev–Trinajstić information content (AvgIpc) is 3.29. The molecule has 2 aliphatic carbocycles. The van der Waals surface area contributed by atoms with E-state index in [0.717, 1.165) is 42.3 Å². The van der Waals surface area contributed by atoms with Crippen LogP contribution < -0.4 is 10.9 Å². The van der Waals surface area contributed by atoms with Crippen LogP contribution in [0.25, 0.3) is 10.2 Å². The van der Waals surface area contributed by atoms with Gasteiger partial charge in [0.2, 0.25) is 5.91 Å². The molecule has 2 aliphatic rings. The number of aromatic nitrogens is 2. The van der Waals surface area contributed by atoms with Crippen molar-refractivity contribution in [2.75, 3.05) is 12.3 Å². The van der Waals surface area contributed by atoms with Gasteiger partial charge in [-0.15, -0.1) is 23.1 Å². The van der Waals surface area contributed by atoms with Gasteiger partial charge in [-0.3, -0.25) is 9.59 Å². The first kappa shape index (κ1) is 19.8. The Bertz CT molecular complexity index is 1130. The molecule has 2 aromatic heterocycles. The Balaban J connectivity index is 1.16. The van der Waals surface area contributed by atoms with Crippen molar-refractivity contribution in [1.29, 1.82) is 0 Å². The molecule has 5 rings (SSSR count). The van der Waals surface area contributed by atoms with Crippen molar-refractivity contribution < 1.29 is 4.79 Å². The number of hydrogen-bond acceptors (Lipinski definition) is 5. The minimum atomic E-state index is -0.0331. The van der Waals surface area contributed by atoms with Crippen molar-refractivity contribution in [2.45, 2.75) is 49.7 Å². The lowest BCUT2D eigenvalue weighted by Crippen LogP contribution is -2.46. The van der Waals surface area contributed by atoms with E-state index in [1.54, 1.807) is 11.3 Å². The second kappa shape index (κ2) is 8.19. The molecule has 0 saturated heterocycles. The highest BCUT2D eigenvalue weighted by atomic mass is 32.2. The third-order valence-electron chi connectivity index (χ3n) is 6.42. The molecule has 0 unspecified atom stereocenters. The van der Waals surface area contributed by atoms with Gasteiger partial charge in [0.15, 0.2) is 0 Å². The van der Waals surface area contributed by atoms with Crippen LogP contribution in [0.15, 0.2) is 35.1 Å². The van der Waals surface area contributed by atoms with E-state index in [4.69, 9.17) is 0 Å². The highest BCUT2D eigenvalue weighted by Crippen LogP contribution is 2.43. The number of benzene rings is 1. The molecule has 0 atom stereocenters. The fraction of sp³-hybridized carbons (Fsp3) is 0.435. The summed E-state index contributed by atoms with van der Waals surface area (Å²) < 4.78 is 0. The highest BCUT2D eigenvalue weighted by Gasteiger charge is 2.38. The predicted molar refractivity (Wildman–Crippen MR) is 123 cm³/mol. The summed E-state index contributed by atoms with van der Waals surface area (Å²) in [6.07, 6.45) is 6.64. The number of thiophene rings is 1. The molecule has 1 amide bonds. The fourth-order valence-corrected chi connectivity index (χ4v) is 6.64. The Morgan fingerprint density at radius 3 is 2.80 bits per heavy atom. The van der Waals surface area contributed by atoms with Gasteiger partial charge in [-0.2, -0.15) is 0 Å². The number of nitrogens with one attached hydrogen (secondary N) is 2. The van der Waals surface area contributed by atoms with Gasteiger partial charge in [0.05, 0.1) is 16.9 Å². The zero-order chi connectivity index (χ0) is 20.6. The Morgan fingerprint density at radius 1 is 1.20 bits per heavy atom. The van der Waals surface area contributed by atoms with E-state index in [0.29, 0.717) is 23.9 Å². The number of hydrogen-bond donors (Lipinski definition) is 2. The fourth-order valence-electron chi connectivity index (χ4n) is 4.64. The zero-order valence-corrected chi connectivity index (χ0v) is 18.5. The van der Waals surface area contributed by atoms with Crippen molar-refractivity contribution in [2.24, 2.45) is 0 Å². The lowest BCUT2D eigenvalue weighted by Gasteiger charge is -2.42. The molecule has 2 heterocycles. The van der Waals surface area contributed by atoms with Crippen LogP contribution >= 0.6 is 23.1 Å². The molecule has 1 aromatic carbocycles. The van der Waals surface area contributed by atoms with E-state index in [9.17, 15) is 9.59 Å². The molecule has 5 nitrogen and oxygen atoms in total. The van der Waals surface area contributed by atoms with Crippen LogP contribution in [-0.2, 0) is 28.8 Å². The molecule has 1 fully saturated rings. The van der Waals surface area contributed by atoms with Crippen molar-refractivity contribution >= 4 is 39.2 Å².